The number of methoxy groups -OCH3 is 1. The van der Waals surface area contributed by atoms with E-state index in [1.807, 2.05) is 0 Å². The Morgan fingerprint density at radius 3 is 2.56 bits per heavy atom. The van der Waals surface area contributed by atoms with E-state index in [0.29, 0.717) is 6.04 Å². The lowest BCUT2D eigenvalue weighted by molar-refractivity contribution is -0.143. The molecule has 0 aliphatic heterocycles. The highest BCUT2D eigenvalue weighted by atomic mass is 16.5. The van der Waals surface area contributed by atoms with Crippen molar-refractivity contribution >= 4 is 5.97 Å². The maximum absolute atomic E-state index is 11.7. The van der Waals surface area contributed by atoms with E-state index in [0.717, 1.165) is 25.4 Å². The summed E-state index contributed by atoms with van der Waals surface area (Å²) in [5.74, 6) is 0.755. The minimum Gasteiger partial charge on any atom is -0.468 e. The first-order valence-corrected chi connectivity index (χ1v) is 7.13. The zero-order chi connectivity index (χ0) is 13.5. The van der Waals surface area contributed by atoms with Gasteiger partial charge < -0.3 is 15.0 Å². The lowest BCUT2D eigenvalue weighted by Crippen LogP contribution is -2.44. The summed E-state index contributed by atoms with van der Waals surface area (Å²) in [6.07, 6.45) is 3.58. The number of hydrogen-bond donors (Lipinski definition) is 1. The third kappa shape index (κ3) is 5.83. The first-order valence-electron chi connectivity index (χ1n) is 7.13. The van der Waals surface area contributed by atoms with Gasteiger partial charge in [-0.25, -0.2) is 0 Å². The smallest absolute Gasteiger partial charge is 0.322 e. The van der Waals surface area contributed by atoms with Gasteiger partial charge in [0.15, 0.2) is 0 Å². The molecular formula is C14H28N2O2. The molecule has 1 N–H and O–H groups in total. The number of hydrogen-bond acceptors (Lipinski definition) is 4. The normalized spacial score (nSPS) is 17.2. The van der Waals surface area contributed by atoms with Crippen molar-refractivity contribution in [3.05, 3.63) is 0 Å². The Morgan fingerprint density at radius 1 is 1.44 bits per heavy atom. The van der Waals surface area contributed by atoms with Crippen LogP contribution in [0.3, 0.4) is 0 Å². The fraction of sp³-hybridized carbons (Fsp3) is 0.929. The molecule has 0 saturated heterocycles. The molecule has 1 atom stereocenters. The SMILES string of the molecule is CCN(CCC(NC(C)C)C(=O)OC)CC1CC1. The van der Waals surface area contributed by atoms with Gasteiger partial charge >= 0.3 is 5.97 Å². The van der Waals surface area contributed by atoms with E-state index in [9.17, 15) is 4.79 Å². The minimum absolute atomic E-state index is 0.147. The van der Waals surface area contributed by atoms with E-state index in [1.165, 1.54) is 26.5 Å². The molecule has 0 radical (unpaired) electrons. The summed E-state index contributed by atoms with van der Waals surface area (Å²) >= 11 is 0. The zero-order valence-corrected chi connectivity index (χ0v) is 12.2. The largest absolute Gasteiger partial charge is 0.468 e. The van der Waals surface area contributed by atoms with Crippen LogP contribution in [0.5, 0.6) is 0 Å². The molecule has 4 heteroatoms. The Hall–Kier alpha value is -0.610. The molecule has 0 heterocycles. The predicted molar refractivity (Wildman–Crippen MR) is 73.5 cm³/mol. The van der Waals surface area contributed by atoms with Crippen molar-refractivity contribution in [2.45, 2.75) is 52.1 Å². The summed E-state index contributed by atoms with van der Waals surface area (Å²) < 4.78 is 4.85. The number of rotatable bonds is 9. The third-order valence-electron chi connectivity index (χ3n) is 3.41. The van der Waals surface area contributed by atoms with Crippen molar-refractivity contribution in [1.29, 1.82) is 0 Å². The minimum atomic E-state index is -0.178. The Kier molecular flexibility index (Phi) is 6.65. The van der Waals surface area contributed by atoms with Crippen molar-refractivity contribution in [3.63, 3.8) is 0 Å². The van der Waals surface area contributed by atoms with E-state index >= 15 is 0 Å². The number of nitrogens with zero attached hydrogens (tertiary/aromatic N) is 1. The van der Waals surface area contributed by atoms with Crippen LogP contribution in [0.1, 0.15) is 40.0 Å². The lowest BCUT2D eigenvalue weighted by atomic mass is 10.1. The summed E-state index contributed by atoms with van der Waals surface area (Å²) in [7, 11) is 1.46. The lowest BCUT2D eigenvalue weighted by Gasteiger charge is -2.24. The molecular weight excluding hydrogens is 228 g/mol. The van der Waals surface area contributed by atoms with Crippen LogP contribution in [-0.2, 0) is 9.53 Å². The van der Waals surface area contributed by atoms with E-state index in [-0.39, 0.29) is 12.0 Å². The van der Waals surface area contributed by atoms with Crippen LogP contribution in [0.2, 0.25) is 0 Å². The maximum atomic E-state index is 11.7. The van der Waals surface area contributed by atoms with Gasteiger partial charge in [0.1, 0.15) is 6.04 Å². The molecule has 18 heavy (non-hydrogen) atoms. The number of ether oxygens (including phenoxy) is 1. The zero-order valence-electron chi connectivity index (χ0n) is 12.2. The average Bonchev–Trinajstić information content (AvgIpc) is 3.15. The maximum Gasteiger partial charge on any atom is 0.322 e. The van der Waals surface area contributed by atoms with Crippen LogP contribution in [0.4, 0.5) is 0 Å². The van der Waals surface area contributed by atoms with Gasteiger partial charge in [-0.15, -0.1) is 0 Å². The highest BCUT2D eigenvalue weighted by molar-refractivity contribution is 5.75. The summed E-state index contributed by atoms with van der Waals surface area (Å²) in [5.41, 5.74) is 0. The first kappa shape index (κ1) is 15.4. The molecule has 1 unspecified atom stereocenters. The second kappa shape index (κ2) is 7.74. The number of nitrogens with one attached hydrogen (secondary N) is 1. The molecule has 1 aliphatic rings. The fourth-order valence-electron chi connectivity index (χ4n) is 2.17. The monoisotopic (exact) mass is 256 g/mol. The van der Waals surface area contributed by atoms with Gasteiger partial charge in [0.2, 0.25) is 0 Å². The molecule has 4 nitrogen and oxygen atoms in total. The van der Waals surface area contributed by atoms with Crippen molar-refractivity contribution < 1.29 is 9.53 Å². The molecule has 106 valence electrons. The van der Waals surface area contributed by atoms with Crippen molar-refractivity contribution in [2.75, 3.05) is 26.7 Å². The summed E-state index contributed by atoms with van der Waals surface area (Å²) in [5, 5.41) is 3.28. The third-order valence-corrected chi connectivity index (χ3v) is 3.41. The van der Waals surface area contributed by atoms with Crippen LogP contribution in [0.15, 0.2) is 0 Å². The molecule has 1 aliphatic carbocycles. The Balaban J connectivity index is 2.35. The van der Waals surface area contributed by atoms with Crippen LogP contribution in [0.25, 0.3) is 0 Å². The molecule has 0 aromatic rings. The van der Waals surface area contributed by atoms with Gasteiger partial charge in [-0.2, -0.15) is 0 Å². The van der Waals surface area contributed by atoms with Gasteiger partial charge in [0.05, 0.1) is 7.11 Å². The standard InChI is InChI=1S/C14H28N2O2/c1-5-16(10-12-6-7-12)9-8-13(14(17)18-4)15-11(2)3/h11-13,15H,5-10H2,1-4H3. The predicted octanol–water partition coefficient (Wildman–Crippen LogP) is 1.65. The van der Waals surface area contributed by atoms with Crippen molar-refractivity contribution in [2.24, 2.45) is 5.92 Å². The number of esters is 1. The van der Waals surface area contributed by atoms with Gasteiger partial charge in [-0.05, 0) is 31.7 Å². The van der Waals surface area contributed by atoms with E-state index in [1.54, 1.807) is 0 Å². The molecule has 0 amide bonds. The van der Waals surface area contributed by atoms with Crippen LogP contribution in [0, 0.1) is 5.92 Å². The highest BCUT2D eigenvalue weighted by Gasteiger charge is 2.25. The van der Waals surface area contributed by atoms with Crippen molar-refractivity contribution in [3.8, 4) is 0 Å². The molecule has 0 aromatic carbocycles. The summed E-state index contributed by atoms with van der Waals surface area (Å²) in [6, 6.07) is 0.121. The first-order chi connectivity index (χ1) is 8.56. The second-order valence-electron chi connectivity index (χ2n) is 5.52. The summed E-state index contributed by atoms with van der Waals surface area (Å²) in [4.78, 5) is 14.1. The second-order valence-corrected chi connectivity index (χ2v) is 5.52. The highest BCUT2D eigenvalue weighted by Crippen LogP contribution is 2.29. The van der Waals surface area contributed by atoms with E-state index in [4.69, 9.17) is 4.74 Å². The molecule has 1 fully saturated rings. The molecule has 0 bridgehead atoms. The quantitative estimate of drug-likeness (QED) is 0.637. The number of carbonyl (C=O) groups is 1. The van der Waals surface area contributed by atoms with Gasteiger partial charge in [-0.3, -0.25) is 4.79 Å². The van der Waals surface area contributed by atoms with Gasteiger partial charge in [-0.1, -0.05) is 20.8 Å². The van der Waals surface area contributed by atoms with Gasteiger partial charge in [0, 0.05) is 19.1 Å². The van der Waals surface area contributed by atoms with E-state index < -0.39 is 0 Å². The average molecular weight is 256 g/mol. The molecule has 1 rings (SSSR count). The Morgan fingerprint density at radius 2 is 2.11 bits per heavy atom. The van der Waals surface area contributed by atoms with Crippen LogP contribution >= 0.6 is 0 Å². The molecule has 1 saturated carbocycles. The van der Waals surface area contributed by atoms with E-state index in [2.05, 4.69) is 31.0 Å². The Labute approximate surface area is 111 Å². The number of carbonyl (C=O) groups excluding carboxylic acids is 1. The fourth-order valence-corrected chi connectivity index (χ4v) is 2.17. The van der Waals surface area contributed by atoms with Crippen LogP contribution < -0.4 is 5.32 Å². The Bertz CT molecular complexity index is 252. The molecule has 0 spiro atoms. The van der Waals surface area contributed by atoms with Gasteiger partial charge in [0.25, 0.3) is 0 Å². The topological polar surface area (TPSA) is 41.6 Å². The van der Waals surface area contributed by atoms with Crippen molar-refractivity contribution in [1.82, 2.24) is 10.2 Å². The molecule has 0 aromatic heterocycles. The summed E-state index contributed by atoms with van der Waals surface area (Å²) in [6.45, 7) is 9.51. The van der Waals surface area contributed by atoms with Crippen LogP contribution in [-0.4, -0.2) is 49.7 Å².